The Morgan fingerprint density at radius 3 is 2.50 bits per heavy atom. The van der Waals surface area contributed by atoms with Gasteiger partial charge in [0.1, 0.15) is 6.04 Å². The fourth-order valence-corrected chi connectivity index (χ4v) is 3.06. The van der Waals surface area contributed by atoms with E-state index in [0.717, 1.165) is 11.1 Å². The van der Waals surface area contributed by atoms with Crippen LogP contribution in [-0.4, -0.2) is 29.3 Å². The van der Waals surface area contributed by atoms with E-state index in [9.17, 15) is 9.59 Å². The third-order valence-corrected chi connectivity index (χ3v) is 4.66. The van der Waals surface area contributed by atoms with Crippen LogP contribution < -0.4 is 5.32 Å². The summed E-state index contributed by atoms with van der Waals surface area (Å²) in [6.07, 6.45) is 0.129. The minimum absolute atomic E-state index is 0.129. The van der Waals surface area contributed by atoms with Crippen molar-refractivity contribution in [2.45, 2.75) is 32.9 Å². The fourth-order valence-electron chi connectivity index (χ4n) is 2.64. The van der Waals surface area contributed by atoms with Gasteiger partial charge in [0.15, 0.2) is 0 Å². The van der Waals surface area contributed by atoms with Gasteiger partial charge in [0.25, 0.3) is 0 Å². The van der Waals surface area contributed by atoms with Gasteiger partial charge in [-0.05, 0) is 43.2 Å². The van der Waals surface area contributed by atoms with Crippen molar-refractivity contribution in [2.24, 2.45) is 0 Å². The molecular formula is C20H22Cl2N2O2. The van der Waals surface area contributed by atoms with Crippen molar-refractivity contribution < 1.29 is 9.59 Å². The molecule has 0 saturated carbocycles. The number of hydrogen-bond donors (Lipinski definition) is 1. The number of likely N-dealkylation sites (N-methyl/N-ethyl adjacent to an activating group) is 1. The number of hydrogen-bond acceptors (Lipinski definition) is 2. The van der Waals surface area contributed by atoms with Gasteiger partial charge in [-0.2, -0.15) is 0 Å². The average molecular weight is 393 g/mol. The maximum atomic E-state index is 13.0. The van der Waals surface area contributed by atoms with Crippen LogP contribution in [0.15, 0.2) is 48.5 Å². The molecule has 138 valence electrons. The second-order valence-electron chi connectivity index (χ2n) is 5.99. The lowest BCUT2D eigenvalue weighted by molar-refractivity contribution is -0.140. The third-order valence-electron chi connectivity index (χ3n) is 4.06. The number of benzene rings is 2. The summed E-state index contributed by atoms with van der Waals surface area (Å²) in [5.41, 5.74) is 1.60. The molecule has 0 aliphatic carbocycles. The lowest BCUT2D eigenvalue weighted by atomic mass is 10.1. The van der Waals surface area contributed by atoms with Crippen LogP contribution in [0, 0.1) is 0 Å². The molecule has 2 rings (SSSR count). The zero-order chi connectivity index (χ0) is 19.1. The van der Waals surface area contributed by atoms with Crippen molar-refractivity contribution in [1.29, 1.82) is 0 Å². The highest BCUT2D eigenvalue weighted by molar-refractivity contribution is 6.31. The molecule has 0 aliphatic rings. The Balaban J connectivity index is 2.25. The van der Waals surface area contributed by atoms with E-state index in [1.54, 1.807) is 30.0 Å². The normalized spacial score (nSPS) is 11.7. The van der Waals surface area contributed by atoms with Crippen molar-refractivity contribution in [1.82, 2.24) is 10.2 Å². The van der Waals surface area contributed by atoms with Gasteiger partial charge in [0.05, 0.1) is 6.42 Å². The Morgan fingerprint density at radius 1 is 1.12 bits per heavy atom. The largest absolute Gasteiger partial charge is 0.355 e. The smallest absolute Gasteiger partial charge is 0.242 e. The summed E-state index contributed by atoms with van der Waals surface area (Å²) in [5, 5.41) is 3.89. The first kappa shape index (κ1) is 20.3. The molecule has 1 N–H and O–H groups in total. The summed E-state index contributed by atoms with van der Waals surface area (Å²) in [4.78, 5) is 26.8. The van der Waals surface area contributed by atoms with Crippen LogP contribution in [0.5, 0.6) is 0 Å². The van der Waals surface area contributed by atoms with Crippen LogP contribution in [0.2, 0.25) is 10.0 Å². The zero-order valence-electron chi connectivity index (χ0n) is 14.8. The molecule has 26 heavy (non-hydrogen) atoms. The van der Waals surface area contributed by atoms with Crippen molar-refractivity contribution >= 4 is 35.0 Å². The molecule has 0 spiro atoms. The highest BCUT2D eigenvalue weighted by Gasteiger charge is 2.26. The number of halogens is 2. The molecule has 2 amide bonds. The molecule has 0 saturated heterocycles. The van der Waals surface area contributed by atoms with Gasteiger partial charge in [0.2, 0.25) is 11.8 Å². The summed E-state index contributed by atoms with van der Waals surface area (Å²) in [6, 6.07) is 13.9. The van der Waals surface area contributed by atoms with E-state index in [1.807, 2.05) is 37.3 Å². The Labute approximate surface area is 164 Å². The second-order valence-corrected chi connectivity index (χ2v) is 6.83. The molecule has 0 unspecified atom stereocenters. The van der Waals surface area contributed by atoms with Gasteiger partial charge in [-0.3, -0.25) is 9.59 Å². The molecule has 0 heterocycles. The van der Waals surface area contributed by atoms with E-state index in [-0.39, 0.29) is 18.2 Å². The Bertz CT molecular complexity index is 780. The van der Waals surface area contributed by atoms with E-state index in [1.165, 1.54) is 0 Å². The molecule has 0 radical (unpaired) electrons. The highest BCUT2D eigenvalue weighted by Crippen LogP contribution is 2.19. The van der Waals surface area contributed by atoms with Crippen molar-refractivity contribution in [3.63, 3.8) is 0 Å². The number of nitrogens with one attached hydrogen (secondary N) is 1. The summed E-state index contributed by atoms with van der Waals surface area (Å²) < 4.78 is 0. The number of amides is 2. The average Bonchev–Trinajstić information content (AvgIpc) is 2.61. The number of rotatable bonds is 7. The first-order valence-corrected chi connectivity index (χ1v) is 9.23. The second kappa shape index (κ2) is 9.60. The van der Waals surface area contributed by atoms with Gasteiger partial charge < -0.3 is 10.2 Å². The third kappa shape index (κ3) is 5.48. The Morgan fingerprint density at radius 2 is 1.85 bits per heavy atom. The summed E-state index contributed by atoms with van der Waals surface area (Å²) in [6.45, 7) is 4.37. The molecule has 4 nitrogen and oxygen atoms in total. The number of carbonyl (C=O) groups is 2. The number of carbonyl (C=O) groups excluding carboxylic acids is 2. The lowest BCUT2D eigenvalue weighted by Crippen LogP contribution is -2.48. The van der Waals surface area contributed by atoms with Crippen molar-refractivity contribution in [2.75, 3.05) is 6.54 Å². The first-order chi connectivity index (χ1) is 12.4. The minimum atomic E-state index is -0.607. The summed E-state index contributed by atoms with van der Waals surface area (Å²) >= 11 is 12.2. The van der Waals surface area contributed by atoms with E-state index in [2.05, 4.69) is 5.32 Å². The fraction of sp³-hybridized carbons (Fsp3) is 0.300. The van der Waals surface area contributed by atoms with Crippen LogP contribution in [0.1, 0.15) is 25.0 Å². The Kier molecular flexibility index (Phi) is 7.49. The summed E-state index contributed by atoms with van der Waals surface area (Å²) in [5.74, 6) is -0.362. The van der Waals surface area contributed by atoms with Crippen LogP contribution >= 0.6 is 23.2 Å². The molecule has 0 fully saturated rings. The molecule has 0 bridgehead atoms. The SMILES string of the molecule is CCNC(=O)[C@H](C)N(Cc1cccc(Cl)c1)C(=O)Cc1ccccc1Cl. The minimum Gasteiger partial charge on any atom is -0.355 e. The van der Waals surface area contributed by atoms with Crippen LogP contribution in [-0.2, 0) is 22.6 Å². The van der Waals surface area contributed by atoms with Crippen LogP contribution in [0.3, 0.4) is 0 Å². The van der Waals surface area contributed by atoms with Crippen molar-refractivity contribution in [3.05, 3.63) is 69.7 Å². The molecule has 2 aromatic carbocycles. The predicted molar refractivity (Wildman–Crippen MR) is 105 cm³/mol. The van der Waals surface area contributed by atoms with Gasteiger partial charge in [-0.15, -0.1) is 0 Å². The molecular weight excluding hydrogens is 371 g/mol. The van der Waals surface area contributed by atoms with E-state index in [4.69, 9.17) is 23.2 Å². The van der Waals surface area contributed by atoms with Gasteiger partial charge in [-0.1, -0.05) is 53.5 Å². The van der Waals surface area contributed by atoms with Gasteiger partial charge >= 0.3 is 0 Å². The molecule has 6 heteroatoms. The number of nitrogens with zero attached hydrogens (tertiary/aromatic N) is 1. The van der Waals surface area contributed by atoms with E-state index >= 15 is 0 Å². The monoisotopic (exact) mass is 392 g/mol. The predicted octanol–water partition coefficient (Wildman–Crippen LogP) is 4.09. The molecule has 1 atom stereocenters. The first-order valence-electron chi connectivity index (χ1n) is 8.47. The highest BCUT2D eigenvalue weighted by atomic mass is 35.5. The van der Waals surface area contributed by atoms with E-state index < -0.39 is 6.04 Å². The quantitative estimate of drug-likeness (QED) is 0.771. The van der Waals surface area contributed by atoms with Crippen molar-refractivity contribution in [3.8, 4) is 0 Å². The standard InChI is InChI=1S/C20H22Cl2N2O2/c1-3-23-20(26)14(2)24(13-15-7-6-9-17(21)11-15)19(25)12-16-8-4-5-10-18(16)22/h4-11,14H,3,12-13H2,1-2H3,(H,23,26)/t14-/m0/s1. The van der Waals surface area contributed by atoms with Crippen LogP contribution in [0.25, 0.3) is 0 Å². The van der Waals surface area contributed by atoms with Crippen LogP contribution in [0.4, 0.5) is 0 Å². The van der Waals surface area contributed by atoms with E-state index in [0.29, 0.717) is 23.1 Å². The Hall–Kier alpha value is -2.04. The maximum absolute atomic E-state index is 13.0. The molecule has 2 aromatic rings. The van der Waals surface area contributed by atoms with Gasteiger partial charge in [0, 0.05) is 23.1 Å². The lowest BCUT2D eigenvalue weighted by Gasteiger charge is -2.29. The molecule has 0 aromatic heterocycles. The summed E-state index contributed by atoms with van der Waals surface area (Å²) in [7, 11) is 0. The zero-order valence-corrected chi connectivity index (χ0v) is 16.3. The maximum Gasteiger partial charge on any atom is 0.242 e. The van der Waals surface area contributed by atoms with Gasteiger partial charge in [-0.25, -0.2) is 0 Å². The molecule has 0 aliphatic heterocycles. The topological polar surface area (TPSA) is 49.4 Å².